The Kier molecular flexibility index (Phi) is 7.89. The van der Waals surface area contributed by atoms with Crippen LogP contribution in [0.15, 0.2) is 77.4 Å². The Bertz CT molecular complexity index is 1020. The largest absolute Gasteiger partial charge is 0.469 e. The van der Waals surface area contributed by atoms with Gasteiger partial charge in [-0.05, 0) is 60.3 Å². The summed E-state index contributed by atoms with van der Waals surface area (Å²) in [4.78, 5) is 13.0. The van der Waals surface area contributed by atoms with Crippen LogP contribution in [0.4, 0.5) is 0 Å². The Balaban J connectivity index is 1.42. The maximum Gasteiger partial charge on any atom is 0.221 e. The van der Waals surface area contributed by atoms with E-state index >= 15 is 0 Å². The van der Waals surface area contributed by atoms with E-state index < -0.39 is 0 Å². The minimum atomic E-state index is -0.0880. The van der Waals surface area contributed by atoms with Crippen LogP contribution >= 0.6 is 0 Å². The summed E-state index contributed by atoms with van der Waals surface area (Å²) in [6.45, 7) is 8.94. The predicted octanol–water partition coefficient (Wildman–Crippen LogP) is 6.46. The predicted molar refractivity (Wildman–Crippen MR) is 136 cm³/mol. The number of benzene rings is 2. The average molecular weight is 460 g/mol. The van der Waals surface area contributed by atoms with Crippen molar-refractivity contribution in [3.05, 3.63) is 95.4 Å². The molecule has 34 heavy (non-hydrogen) atoms. The maximum atomic E-state index is 13.0. The van der Waals surface area contributed by atoms with Gasteiger partial charge in [0.1, 0.15) is 5.76 Å². The molecule has 1 aliphatic rings. The number of carbonyl (C=O) groups is 1. The number of hydrogen-bond donors (Lipinski definition) is 1. The Labute approximate surface area is 203 Å². The van der Waals surface area contributed by atoms with E-state index in [0.717, 1.165) is 37.4 Å². The second-order valence-corrected chi connectivity index (χ2v) is 10.3. The molecule has 0 bridgehead atoms. The number of aryl methyl sites for hydroxylation is 1. The Morgan fingerprint density at radius 1 is 1.03 bits per heavy atom. The first-order valence-electron chi connectivity index (χ1n) is 12.4. The molecule has 1 N–H and O–H groups in total. The van der Waals surface area contributed by atoms with Crippen molar-refractivity contribution >= 4 is 5.91 Å². The first kappa shape index (κ1) is 24.3. The van der Waals surface area contributed by atoms with Gasteiger partial charge < -0.3 is 14.5 Å². The molecule has 0 unspecified atom stereocenters. The van der Waals surface area contributed by atoms with Gasteiger partial charge >= 0.3 is 0 Å². The monoisotopic (exact) mass is 459 g/mol. The van der Waals surface area contributed by atoms with Gasteiger partial charge in [0.15, 0.2) is 0 Å². The third-order valence-corrected chi connectivity index (χ3v) is 7.30. The topological polar surface area (TPSA) is 51.5 Å². The fourth-order valence-electron chi connectivity index (χ4n) is 5.39. The molecule has 1 aliphatic heterocycles. The summed E-state index contributed by atoms with van der Waals surface area (Å²) >= 11 is 0. The molecule has 1 amide bonds. The molecule has 0 spiro atoms. The second-order valence-electron chi connectivity index (χ2n) is 10.3. The lowest BCUT2D eigenvalue weighted by atomic mass is 9.66. The molecule has 4 nitrogen and oxygen atoms in total. The van der Waals surface area contributed by atoms with Crippen molar-refractivity contribution in [3.8, 4) is 0 Å². The number of ether oxygens (including phenoxy) is 1. The van der Waals surface area contributed by atoms with Gasteiger partial charge in [0, 0.05) is 19.6 Å². The summed E-state index contributed by atoms with van der Waals surface area (Å²) in [7, 11) is 0. The molecule has 1 saturated heterocycles. The number of furan rings is 1. The van der Waals surface area contributed by atoms with Crippen LogP contribution in [0.2, 0.25) is 0 Å². The van der Waals surface area contributed by atoms with Crippen LogP contribution in [0.25, 0.3) is 0 Å². The van der Waals surface area contributed by atoms with Crippen LogP contribution in [-0.4, -0.2) is 25.7 Å². The third kappa shape index (κ3) is 5.98. The highest BCUT2D eigenvalue weighted by Gasteiger charge is 2.38. The van der Waals surface area contributed by atoms with E-state index in [2.05, 4.69) is 80.7 Å². The zero-order valence-corrected chi connectivity index (χ0v) is 20.6. The molecule has 1 aromatic heterocycles. The highest BCUT2D eigenvalue weighted by molar-refractivity contribution is 5.77. The maximum absolute atomic E-state index is 13.0. The molecule has 4 rings (SSSR count). The standard InChI is InChI=1S/C30H37NO3/c1-22-11-13-24(14-12-22)26(28-10-7-18-34-28)20-29(32)31-17-15-25(23-8-5-4-6-9-23)27-16-19-33-21-30(27,2)3/h4-14,18,25-27H,15-17,19-21H2,1-3H3,(H,31,32)/t25-,26-,27-/m1/s1. The van der Waals surface area contributed by atoms with Gasteiger partial charge in [-0.25, -0.2) is 0 Å². The molecule has 3 aromatic rings. The molecule has 0 saturated carbocycles. The first-order chi connectivity index (χ1) is 16.4. The van der Waals surface area contributed by atoms with Crippen LogP contribution in [0, 0.1) is 18.3 Å². The Morgan fingerprint density at radius 2 is 1.79 bits per heavy atom. The summed E-state index contributed by atoms with van der Waals surface area (Å²) in [5, 5.41) is 3.21. The number of amides is 1. The van der Waals surface area contributed by atoms with Crippen molar-refractivity contribution in [1.82, 2.24) is 5.32 Å². The van der Waals surface area contributed by atoms with Crippen LogP contribution in [-0.2, 0) is 9.53 Å². The van der Waals surface area contributed by atoms with Crippen LogP contribution in [0.5, 0.6) is 0 Å². The van der Waals surface area contributed by atoms with E-state index in [1.807, 2.05) is 12.1 Å². The van der Waals surface area contributed by atoms with Crippen molar-refractivity contribution in [1.29, 1.82) is 0 Å². The lowest BCUT2D eigenvalue weighted by Gasteiger charge is -2.43. The van der Waals surface area contributed by atoms with E-state index in [9.17, 15) is 4.79 Å². The van der Waals surface area contributed by atoms with Gasteiger partial charge in [0.2, 0.25) is 5.91 Å². The van der Waals surface area contributed by atoms with Gasteiger partial charge in [-0.15, -0.1) is 0 Å². The molecule has 2 aromatic carbocycles. The molecule has 180 valence electrons. The summed E-state index contributed by atoms with van der Waals surface area (Å²) in [5.74, 6) is 1.70. The van der Waals surface area contributed by atoms with Gasteiger partial charge in [-0.3, -0.25) is 4.79 Å². The van der Waals surface area contributed by atoms with Crippen LogP contribution in [0.1, 0.15) is 67.4 Å². The summed E-state index contributed by atoms with van der Waals surface area (Å²) < 4.78 is 11.5. The minimum Gasteiger partial charge on any atom is -0.469 e. The number of rotatable bonds is 9. The highest BCUT2D eigenvalue weighted by atomic mass is 16.5. The van der Waals surface area contributed by atoms with E-state index in [0.29, 0.717) is 24.8 Å². The normalized spacial score (nSPS) is 19.3. The highest BCUT2D eigenvalue weighted by Crippen LogP contribution is 2.44. The smallest absolute Gasteiger partial charge is 0.221 e. The van der Waals surface area contributed by atoms with Crippen LogP contribution < -0.4 is 5.32 Å². The molecule has 1 fully saturated rings. The van der Waals surface area contributed by atoms with Crippen molar-refractivity contribution in [2.24, 2.45) is 11.3 Å². The summed E-state index contributed by atoms with van der Waals surface area (Å²) in [6.07, 6.45) is 4.01. The summed E-state index contributed by atoms with van der Waals surface area (Å²) in [5.41, 5.74) is 3.76. The molecular weight excluding hydrogens is 422 g/mol. The van der Waals surface area contributed by atoms with E-state index in [-0.39, 0.29) is 17.2 Å². The first-order valence-corrected chi connectivity index (χ1v) is 12.4. The van der Waals surface area contributed by atoms with E-state index in [1.54, 1.807) is 6.26 Å². The van der Waals surface area contributed by atoms with Crippen molar-refractivity contribution in [3.63, 3.8) is 0 Å². The fourth-order valence-corrected chi connectivity index (χ4v) is 5.39. The van der Waals surface area contributed by atoms with Gasteiger partial charge in [-0.1, -0.05) is 74.0 Å². The Morgan fingerprint density at radius 3 is 2.47 bits per heavy atom. The van der Waals surface area contributed by atoms with Crippen molar-refractivity contribution in [2.45, 2.75) is 51.9 Å². The second kappa shape index (κ2) is 11.1. The molecule has 2 heterocycles. The minimum absolute atomic E-state index is 0.0556. The van der Waals surface area contributed by atoms with Gasteiger partial charge in [0.25, 0.3) is 0 Å². The van der Waals surface area contributed by atoms with E-state index in [1.165, 1.54) is 11.1 Å². The molecular formula is C30H37NO3. The lowest BCUT2D eigenvalue weighted by molar-refractivity contribution is -0.121. The van der Waals surface area contributed by atoms with Crippen molar-refractivity contribution < 1.29 is 13.9 Å². The molecule has 0 radical (unpaired) electrons. The fraction of sp³-hybridized carbons (Fsp3) is 0.433. The van der Waals surface area contributed by atoms with Gasteiger partial charge in [0.05, 0.1) is 18.8 Å². The zero-order chi connectivity index (χ0) is 24.0. The van der Waals surface area contributed by atoms with Gasteiger partial charge in [-0.2, -0.15) is 0 Å². The molecule has 3 atom stereocenters. The molecule has 0 aliphatic carbocycles. The SMILES string of the molecule is Cc1ccc([C@@H](CC(=O)NCC[C@H](c2ccccc2)[C@H]2CCOCC2(C)C)c2ccco2)cc1. The lowest BCUT2D eigenvalue weighted by Crippen LogP contribution is -2.39. The quantitative estimate of drug-likeness (QED) is 0.399. The van der Waals surface area contributed by atoms with E-state index in [4.69, 9.17) is 9.15 Å². The molecule has 4 heteroatoms. The summed E-state index contributed by atoms with van der Waals surface area (Å²) in [6, 6.07) is 22.9. The van der Waals surface area contributed by atoms with Crippen molar-refractivity contribution in [2.75, 3.05) is 19.8 Å². The number of carbonyl (C=O) groups excluding carboxylic acids is 1. The number of nitrogens with one attached hydrogen (secondary N) is 1. The van der Waals surface area contributed by atoms with Crippen LogP contribution in [0.3, 0.4) is 0 Å². The zero-order valence-electron chi connectivity index (χ0n) is 20.6. The average Bonchev–Trinajstić information content (AvgIpc) is 3.37. The number of hydrogen-bond acceptors (Lipinski definition) is 3. The Hall–Kier alpha value is -2.85. The third-order valence-electron chi connectivity index (χ3n) is 7.30.